The lowest BCUT2D eigenvalue weighted by atomic mass is 10.0. The summed E-state index contributed by atoms with van der Waals surface area (Å²) in [6.45, 7) is 4.59. The normalized spacial score (nSPS) is 18.0. The Labute approximate surface area is 123 Å². The zero-order chi connectivity index (χ0) is 14.8. The predicted octanol–water partition coefficient (Wildman–Crippen LogP) is 3.66. The van der Waals surface area contributed by atoms with Gasteiger partial charge in [-0.15, -0.1) is 0 Å². The van der Waals surface area contributed by atoms with Gasteiger partial charge in [-0.2, -0.15) is 0 Å². The second-order valence-electron chi connectivity index (χ2n) is 5.39. The molecule has 0 bridgehead atoms. The number of anilines is 1. The fraction of sp³-hybridized carbons (Fsp3) is 0.375. The first kappa shape index (κ1) is 13.7. The Hall–Kier alpha value is -2.30. The van der Waals surface area contributed by atoms with Crippen LogP contribution in [-0.2, 0) is 0 Å². The van der Waals surface area contributed by atoms with Gasteiger partial charge in [0.2, 0.25) is 0 Å². The van der Waals surface area contributed by atoms with Crippen molar-refractivity contribution in [2.45, 2.75) is 32.7 Å². The highest BCUT2D eigenvalue weighted by Crippen LogP contribution is 2.35. The largest absolute Gasteiger partial charge is 0.361 e. The first-order chi connectivity index (χ1) is 10.2. The SMILES string of the molecule is Cc1noc(C)c1[C@H]1CCCN1C(=O)Nc1ccccc1. The van der Waals surface area contributed by atoms with Gasteiger partial charge in [0.15, 0.2) is 0 Å². The number of aryl methyl sites for hydroxylation is 2. The summed E-state index contributed by atoms with van der Waals surface area (Å²) in [7, 11) is 0. The quantitative estimate of drug-likeness (QED) is 0.916. The lowest BCUT2D eigenvalue weighted by molar-refractivity contribution is 0.206. The van der Waals surface area contributed by atoms with E-state index in [1.165, 1.54) is 0 Å². The third-order valence-corrected chi connectivity index (χ3v) is 3.96. The molecule has 0 radical (unpaired) electrons. The van der Waals surface area contributed by atoms with Crippen molar-refractivity contribution in [3.05, 3.63) is 47.3 Å². The molecule has 5 nitrogen and oxygen atoms in total. The Bertz CT molecular complexity index is 617. The molecule has 2 heterocycles. The first-order valence-corrected chi connectivity index (χ1v) is 7.22. The summed E-state index contributed by atoms with van der Waals surface area (Å²) in [5.41, 5.74) is 2.74. The molecule has 0 spiro atoms. The van der Waals surface area contributed by atoms with Crippen LogP contribution in [0.5, 0.6) is 0 Å². The average molecular weight is 285 g/mol. The van der Waals surface area contributed by atoms with Crippen LogP contribution in [0.1, 0.15) is 35.9 Å². The number of benzene rings is 1. The smallest absolute Gasteiger partial charge is 0.322 e. The van der Waals surface area contributed by atoms with E-state index in [1.807, 2.05) is 49.1 Å². The van der Waals surface area contributed by atoms with Crippen molar-refractivity contribution < 1.29 is 9.32 Å². The van der Waals surface area contributed by atoms with Crippen LogP contribution in [0, 0.1) is 13.8 Å². The van der Waals surface area contributed by atoms with E-state index in [0.717, 1.165) is 42.1 Å². The molecule has 1 aromatic heterocycles. The van der Waals surface area contributed by atoms with E-state index in [0.29, 0.717) is 0 Å². The van der Waals surface area contributed by atoms with E-state index in [4.69, 9.17) is 4.52 Å². The number of nitrogens with zero attached hydrogens (tertiary/aromatic N) is 2. The summed E-state index contributed by atoms with van der Waals surface area (Å²) in [4.78, 5) is 14.4. The molecule has 1 aromatic carbocycles. The number of amides is 2. The zero-order valence-electron chi connectivity index (χ0n) is 12.3. The van der Waals surface area contributed by atoms with Gasteiger partial charge in [-0.05, 0) is 38.8 Å². The molecule has 2 amide bonds. The lowest BCUT2D eigenvalue weighted by Gasteiger charge is -2.25. The number of carbonyl (C=O) groups excluding carboxylic acids is 1. The minimum absolute atomic E-state index is 0.0555. The number of hydrogen-bond donors (Lipinski definition) is 1. The number of hydrogen-bond acceptors (Lipinski definition) is 3. The van der Waals surface area contributed by atoms with Crippen LogP contribution in [0.15, 0.2) is 34.9 Å². The zero-order valence-corrected chi connectivity index (χ0v) is 12.3. The second-order valence-corrected chi connectivity index (χ2v) is 5.39. The molecule has 0 unspecified atom stereocenters. The molecule has 1 aliphatic rings. The fourth-order valence-corrected chi connectivity index (χ4v) is 2.99. The number of carbonyl (C=O) groups is 1. The molecule has 1 N–H and O–H groups in total. The van der Waals surface area contributed by atoms with Crippen molar-refractivity contribution in [1.29, 1.82) is 0 Å². The number of rotatable bonds is 2. The van der Waals surface area contributed by atoms with Crippen LogP contribution in [0.25, 0.3) is 0 Å². The van der Waals surface area contributed by atoms with Gasteiger partial charge < -0.3 is 14.7 Å². The van der Waals surface area contributed by atoms with Gasteiger partial charge in [-0.25, -0.2) is 4.79 Å². The lowest BCUT2D eigenvalue weighted by Crippen LogP contribution is -2.34. The summed E-state index contributed by atoms with van der Waals surface area (Å²) < 4.78 is 5.25. The molecular formula is C16H19N3O2. The monoisotopic (exact) mass is 285 g/mol. The Morgan fingerprint density at radius 1 is 1.33 bits per heavy atom. The van der Waals surface area contributed by atoms with Gasteiger partial charge in [0.25, 0.3) is 0 Å². The van der Waals surface area contributed by atoms with E-state index in [2.05, 4.69) is 10.5 Å². The minimum Gasteiger partial charge on any atom is -0.361 e. The highest BCUT2D eigenvalue weighted by atomic mass is 16.5. The van der Waals surface area contributed by atoms with Gasteiger partial charge in [-0.3, -0.25) is 0 Å². The molecule has 1 aliphatic heterocycles. The number of para-hydroxylation sites is 1. The fourth-order valence-electron chi connectivity index (χ4n) is 2.99. The molecule has 1 fully saturated rings. The maximum Gasteiger partial charge on any atom is 0.322 e. The van der Waals surface area contributed by atoms with E-state index in [9.17, 15) is 4.79 Å². The number of aromatic nitrogens is 1. The molecular weight excluding hydrogens is 266 g/mol. The second kappa shape index (κ2) is 5.60. The Morgan fingerprint density at radius 2 is 2.10 bits per heavy atom. The minimum atomic E-state index is -0.0660. The number of urea groups is 1. The van der Waals surface area contributed by atoms with Gasteiger partial charge in [0, 0.05) is 17.8 Å². The van der Waals surface area contributed by atoms with Gasteiger partial charge >= 0.3 is 6.03 Å². The summed E-state index contributed by atoms with van der Waals surface area (Å²) in [6, 6.07) is 9.51. The number of nitrogens with one attached hydrogen (secondary N) is 1. The Kier molecular flexibility index (Phi) is 3.64. The highest BCUT2D eigenvalue weighted by Gasteiger charge is 2.33. The van der Waals surface area contributed by atoms with Crippen molar-refractivity contribution in [3.8, 4) is 0 Å². The van der Waals surface area contributed by atoms with Crippen LogP contribution < -0.4 is 5.32 Å². The van der Waals surface area contributed by atoms with Crippen LogP contribution in [0.3, 0.4) is 0 Å². The van der Waals surface area contributed by atoms with Crippen molar-refractivity contribution >= 4 is 11.7 Å². The molecule has 1 atom stereocenters. The van der Waals surface area contributed by atoms with E-state index in [1.54, 1.807) is 0 Å². The van der Waals surface area contributed by atoms with Crippen molar-refractivity contribution in [2.75, 3.05) is 11.9 Å². The number of likely N-dealkylation sites (tertiary alicyclic amines) is 1. The topological polar surface area (TPSA) is 58.4 Å². The summed E-state index contributed by atoms with van der Waals surface area (Å²) in [5.74, 6) is 0.803. The third kappa shape index (κ3) is 2.63. The average Bonchev–Trinajstić information content (AvgIpc) is 3.07. The molecule has 21 heavy (non-hydrogen) atoms. The van der Waals surface area contributed by atoms with Gasteiger partial charge in [0.1, 0.15) is 5.76 Å². The molecule has 110 valence electrons. The maximum atomic E-state index is 12.5. The molecule has 0 aliphatic carbocycles. The van der Waals surface area contributed by atoms with Crippen LogP contribution >= 0.6 is 0 Å². The predicted molar refractivity (Wildman–Crippen MR) is 80.1 cm³/mol. The molecule has 1 saturated heterocycles. The van der Waals surface area contributed by atoms with Gasteiger partial charge in [0.05, 0.1) is 11.7 Å². The van der Waals surface area contributed by atoms with Crippen LogP contribution in [0.2, 0.25) is 0 Å². The Morgan fingerprint density at radius 3 is 2.76 bits per heavy atom. The van der Waals surface area contributed by atoms with E-state index >= 15 is 0 Å². The van der Waals surface area contributed by atoms with Crippen LogP contribution in [-0.4, -0.2) is 22.6 Å². The van der Waals surface area contributed by atoms with Crippen LogP contribution in [0.4, 0.5) is 10.5 Å². The van der Waals surface area contributed by atoms with E-state index < -0.39 is 0 Å². The van der Waals surface area contributed by atoms with Crippen molar-refractivity contribution in [3.63, 3.8) is 0 Å². The maximum absolute atomic E-state index is 12.5. The van der Waals surface area contributed by atoms with E-state index in [-0.39, 0.29) is 12.1 Å². The highest BCUT2D eigenvalue weighted by molar-refractivity contribution is 5.89. The van der Waals surface area contributed by atoms with Crippen molar-refractivity contribution in [1.82, 2.24) is 10.1 Å². The summed E-state index contributed by atoms with van der Waals surface area (Å²) in [6.07, 6.45) is 1.95. The first-order valence-electron chi connectivity index (χ1n) is 7.22. The van der Waals surface area contributed by atoms with Gasteiger partial charge in [-0.1, -0.05) is 23.4 Å². The Balaban J connectivity index is 1.80. The molecule has 5 heteroatoms. The standard InChI is InChI=1S/C16H19N3O2/c1-11-15(12(2)21-18-11)14-9-6-10-19(14)16(20)17-13-7-4-3-5-8-13/h3-5,7-8,14H,6,9-10H2,1-2H3,(H,17,20)/t14-/m1/s1. The summed E-state index contributed by atoms with van der Waals surface area (Å²) in [5, 5.41) is 6.96. The molecule has 0 saturated carbocycles. The molecule has 2 aromatic rings. The third-order valence-electron chi connectivity index (χ3n) is 3.96. The summed E-state index contributed by atoms with van der Waals surface area (Å²) >= 11 is 0. The van der Waals surface area contributed by atoms with Crippen molar-refractivity contribution in [2.24, 2.45) is 0 Å². The molecule has 3 rings (SSSR count).